The Balaban J connectivity index is 2.62. The first-order valence-electron chi connectivity index (χ1n) is 5.07. The summed E-state index contributed by atoms with van der Waals surface area (Å²) >= 11 is 0. The number of aromatic nitrogens is 1. The summed E-state index contributed by atoms with van der Waals surface area (Å²) in [5.74, 6) is -0.393. The summed E-state index contributed by atoms with van der Waals surface area (Å²) < 4.78 is 4.73. The number of allylic oxidation sites excluding steroid dienone is 1. The van der Waals surface area contributed by atoms with E-state index in [0.717, 1.165) is 16.5 Å². The van der Waals surface area contributed by atoms with E-state index in [0.29, 0.717) is 11.8 Å². The molecule has 0 radical (unpaired) electrons. The smallest absolute Gasteiger partial charge is 0.338 e. The number of esters is 1. The summed E-state index contributed by atoms with van der Waals surface area (Å²) in [5, 5.41) is 0.806. The molecule has 1 aromatic heterocycles. The van der Waals surface area contributed by atoms with E-state index in [1.54, 1.807) is 18.3 Å². The average molecular weight is 229 g/mol. The maximum Gasteiger partial charge on any atom is 0.338 e. The van der Waals surface area contributed by atoms with Gasteiger partial charge in [-0.15, -0.1) is 0 Å². The molecular formula is C13H11NO3. The Hall–Kier alpha value is -2.36. The summed E-state index contributed by atoms with van der Waals surface area (Å²) in [6.45, 7) is 0. The molecule has 0 saturated heterocycles. The van der Waals surface area contributed by atoms with E-state index in [1.165, 1.54) is 13.2 Å². The van der Waals surface area contributed by atoms with Crippen LogP contribution in [0.15, 0.2) is 30.5 Å². The zero-order chi connectivity index (χ0) is 12.3. The maximum absolute atomic E-state index is 11.6. The van der Waals surface area contributed by atoms with Crippen molar-refractivity contribution in [2.24, 2.45) is 0 Å². The summed E-state index contributed by atoms with van der Waals surface area (Å²) in [7, 11) is 1.34. The van der Waals surface area contributed by atoms with Crippen molar-refractivity contribution in [2.45, 2.75) is 0 Å². The Morgan fingerprint density at radius 2 is 2.24 bits per heavy atom. The van der Waals surface area contributed by atoms with Crippen LogP contribution in [0.1, 0.15) is 15.9 Å². The number of benzene rings is 1. The van der Waals surface area contributed by atoms with Gasteiger partial charge >= 0.3 is 5.97 Å². The number of hydrogen-bond acceptors (Lipinski definition) is 3. The van der Waals surface area contributed by atoms with E-state index in [2.05, 4.69) is 4.98 Å². The lowest BCUT2D eigenvalue weighted by atomic mass is 10.1. The van der Waals surface area contributed by atoms with Crippen LogP contribution < -0.4 is 0 Å². The number of H-pyrrole nitrogens is 1. The third kappa shape index (κ3) is 2.10. The third-order valence-electron chi connectivity index (χ3n) is 2.46. The van der Waals surface area contributed by atoms with Crippen molar-refractivity contribution in [2.75, 3.05) is 7.11 Å². The minimum atomic E-state index is -0.393. The lowest BCUT2D eigenvalue weighted by molar-refractivity contribution is -0.104. The lowest BCUT2D eigenvalue weighted by Crippen LogP contribution is -2.02. The molecule has 0 saturated carbocycles. The Labute approximate surface area is 97.9 Å². The lowest BCUT2D eigenvalue weighted by Gasteiger charge is -2.03. The predicted molar refractivity (Wildman–Crippen MR) is 64.7 cm³/mol. The third-order valence-corrected chi connectivity index (χ3v) is 2.46. The molecule has 17 heavy (non-hydrogen) atoms. The second kappa shape index (κ2) is 4.65. The first-order chi connectivity index (χ1) is 8.26. The fourth-order valence-corrected chi connectivity index (χ4v) is 1.71. The van der Waals surface area contributed by atoms with E-state index < -0.39 is 5.97 Å². The van der Waals surface area contributed by atoms with Gasteiger partial charge in [0.2, 0.25) is 0 Å². The molecule has 0 unspecified atom stereocenters. The second-order valence-electron chi connectivity index (χ2n) is 3.49. The van der Waals surface area contributed by atoms with Crippen LogP contribution in [-0.4, -0.2) is 24.3 Å². The maximum atomic E-state index is 11.6. The van der Waals surface area contributed by atoms with Crippen molar-refractivity contribution < 1.29 is 14.3 Å². The van der Waals surface area contributed by atoms with Gasteiger partial charge in [0.05, 0.1) is 12.7 Å². The first kappa shape index (κ1) is 11.1. The van der Waals surface area contributed by atoms with Crippen LogP contribution in [0.3, 0.4) is 0 Å². The number of rotatable bonds is 3. The molecule has 0 aliphatic carbocycles. The standard InChI is InChI=1S/C13H11NO3/c1-17-13(16)11-7-9(3-2-6-15)8-12-10(11)4-5-14-12/h2-8,14H,1H3. The monoisotopic (exact) mass is 229 g/mol. The molecule has 0 aliphatic rings. The number of aromatic amines is 1. The van der Waals surface area contributed by atoms with Crippen molar-refractivity contribution in [3.63, 3.8) is 0 Å². The number of ether oxygens (including phenoxy) is 1. The SMILES string of the molecule is COC(=O)c1cc(C=CC=O)cc2[nH]ccc12. The molecule has 0 spiro atoms. The largest absolute Gasteiger partial charge is 0.465 e. The zero-order valence-electron chi connectivity index (χ0n) is 9.27. The van der Waals surface area contributed by atoms with Gasteiger partial charge < -0.3 is 9.72 Å². The molecule has 1 N–H and O–H groups in total. The minimum Gasteiger partial charge on any atom is -0.465 e. The van der Waals surface area contributed by atoms with Crippen LogP contribution in [0.5, 0.6) is 0 Å². The van der Waals surface area contributed by atoms with E-state index in [1.807, 2.05) is 12.1 Å². The van der Waals surface area contributed by atoms with Gasteiger partial charge in [-0.2, -0.15) is 0 Å². The number of fused-ring (bicyclic) bond motifs is 1. The molecule has 1 aromatic carbocycles. The molecule has 4 nitrogen and oxygen atoms in total. The van der Waals surface area contributed by atoms with Gasteiger partial charge in [-0.3, -0.25) is 4.79 Å². The molecule has 0 bridgehead atoms. The Morgan fingerprint density at radius 3 is 2.94 bits per heavy atom. The van der Waals surface area contributed by atoms with Crippen molar-refractivity contribution in [1.29, 1.82) is 0 Å². The number of carbonyl (C=O) groups excluding carboxylic acids is 2. The van der Waals surface area contributed by atoms with Crippen LogP contribution in [0.25, 0.3) is 17.0 Å². The highest BCUT2D eigenvalue weighted by atomic mass is 16.5. The molecule has 2 aromatic rings. The number of hydrogen-bond donors (Lipinski definition) is 1. The highest BCUT2D eigenvalue weighted by Crippen LogP contribution is 2.21. The molecule has 0 aliphatic heterocycles. The Morgan fingerprint density at radius 1 is 1.41 bits per heavy atom. The van der Waals surface area contributed by atoms with Gasteiger partial charge in [-0.1, -0.05) is 6.08 Å². The van der Waals surface area contributed by atoms with Gasteiger partial charge in [0.15, 0.2) is 0 Å². The minimum absolute atomic E-state index is 0.393. The predicted octanol–water partition coefficient (Wildman–Crippen LogP) is 2.17. The molecular weight excluding hydrogens is 218 g/mol. The van der Waals surface area contributed by atoms with Crippen molar-refractivity contribution in [3.8, 4) is 0 Å². The highest BCUT2D eigenvalue weighted by molar-refractivity contribution is 6.04. The normalized spacial score (nSPS) is 10.9. The highest BCUT2D eigenvalue weighted by Gasteiger charge is 2.11. The van der Waals surface area contributed by atoms with Crippen LogP contribution in [0, 0.1) is 0 Å². The molecule has 0 fully saturated rings. The molecule has 86 valence electrons. The fraction of sp³-hybridized carbons (Fsp3) is 0.0769. The van der Waals surface area contributed by atoms with E-state index >= 15 is 0 Å². The average Bonchev–Trinajstić information content (AvgIpc) is 2.82. The van der Waals surface area contributed by atoms with Crippen molar-refractivity contribution in [3.05, 3.63) is 41.6 Å². The first-order valence-corrected chi connectivity index (χ1v) is 5.07. The number of nitrogens with one attached hydrogen (secondary N) is 1. The van der Waals surface area contributed by atoms with Crippen LogP contribution in [-0.2, 0) is 9.53 Å². The van der Waals surface area contributed by atoms with E-state index in [-0.39, 0.29) is 0 Å². The van der Waals surface area contributed by atoms with Crippen molar-refractivity contribution in [1.82, 2.24) is 4.98 Å². The van der Waals surface area contributed by atoms with Crippen LogP contribution in [0.4, 0.5) is 0 Å². The van der Waals surface area contributed by atoms with E-state index in [9.17, 15) is 9.59 Å². The Kier molecular flexibility index (Phi) is 3.05. The number of carbonyl (C=O) groups is 2. The number of aldehydes is 1. The van der Waals surface area contributed by atoms with Gasteiger partial charge in [0.25, 0.3) is 0 Å². The topological polar surface area (TPSA) is 59.2 Å². The number of methoxy groups -OCH3 is 1. The van der Waals surface area contributed by atoms with Gasteiger partial charge in [-0.05, 0) is 29.8 Å². The Bertz CT molecular complexity index is 596. The summed E-state index contributed by atoms with van der Waals surface area (Å²) in [4.78, 5) is 24.9. The molecule has 0 atom stereocenters. The molecule has 2 rings (SSSR count). The molecule has 0 amide bonds. The van der Waals surface area contributed by atoms with E-state index in [4.69, 9.17) is 4.74 Å². The molecule has 4 heteroatoms. The van der Waals surface area contributed by atoms with Crippen LogP contribution in [0.2, 0.25) is 0 Å². The van der Waals surface area contributed by atoms with Gasteiger partial charge in [0.1, 0.15) is 6.29 Å². The van der Waals surface area contributed by atoms with Gasteiger partial charge in [0, 0.05) is 17.1 Å². The second-order valence-corrected chi connectivity index (χ2v) is 3.49. The zero-order valence-corrected chi connectivity index (χ0v) is 9.27. The van der Waals surface area contributed by atoms with Crippen LogP contribution >= 0.6 is 0 Å². The quantitative estimate of drug-likeness (QED) is 0.498. The summed E-state index contributed by atoms with van der Waals surface area (Å²) in [5.41, 5.74) is 2.09. The summed E-state index contributed by atoms with van der Waals surface area (Å²) in [6.07, 6.45) is 5.46. The summed E-state index contributed by atoms with van der Waals surface area (Å²) in [6, 6.07) is 5.37. The molecule has 1 heterocycles. The fourth-order valence-electron chi connectivity index (χ4n) is 1.71. The van der Waals surface area contributed by atoms with Gasteiger partial charge in [-0.25, -0.2) is 4.79 Å². The van der Waals surface area contributed by atoms with Crippen molar-refractivity contribution >= 4 is 29.2 Å².